The SMILES string of the molecule is CC1(C)CSCC(Nc2cccc(F)c2)C1. The van der Waals surface area contributed by atoms with Crippen molar-refractivity contribution >= 4 is 17.4 Å². The van der Waals surface area contributed by atoms with E-state index in [4.69, 9.17) is 0 Å². The maximum absolute atomic E-state index is 13.0. The van der Waals surface area contributed by atoms with Crippen molar-refractivity contribution in [2.45, 2.75) is 26.3 Å². The van der Waals surface area contributed by atoms with E-state index in [0.29, 0.717) is 11.5 Å². The number of nitrogens with one attached hydrogen (secondary N) is 1. The molecule has 0 spiro atoms. The fourth-order valence-corrected chi connectivity index (χ4v) is 3.44. The normalized spacial score (nSPS) is 24.1. The Morgan fingerprint density at radius 3 is 2.94 bits per heavy atom. The fourth-order valence-electron chi connectivity index (χ4n) is 2.17. The minimum absolute atomic E-state index is 0.173. The molecule has 0 bridgehead atoms. The summed E-state index contributed by atoms with van der Waals surface area (Å²) in [7, 11) is 0. The summed E-state index contributed by atoms with van der Waals surface area (Å²) >= 11 is 1.98. The predicted octanol–water partition coefficient (Wildman–Crippen LogP) is 3.77. The maximum atomic E-state index is 13.0. The minimum atomic E-state index is -0.173. The molecule has 1 heterocycles. The third-order valence-electron chi connectivity index (χ3n) is 2.81. The summed E-state index contributed by atoms with van der Waals surface area (Å²) in [6.07, 6.45) is 1.15. The monoisotopic (exact) mass is 239 g/mol. The summed E-state index contributed by atoms with van der Waals surface area (Å²) in [6.45, 7) is 4.58. The quantitative estimate of drug-likeness (QED) is 0.843. The highest BCUT2D eigenvalue weighted by atomic mass is 32.2. The summed E-state index contributed by atoms with van der Waals surface area (Å²) in [5.74, 6) is 2.15. The van der Waals surface area contributed by atoms with E-state index in [0.717, 1.165) is 17.9 Å². The van der Waals surface area contributed by atoms with Crippen molar-refractivity contribution in [1.82, 2.24) is 0 Å². The van der Waals surface area contributed by atoms with Gasteiger partial charge in [0.25, 0.3) is 0 Å². The molecule has 1 aromatic carbocycles. The van der Waals surface area contributed by atoms with E-state index in [2.05, 4.69) is 19.2 Å². The highest BCUT2D eigenvalue weighted by Crippen LogP contribution is 2.34. The van der Waals surface area contributed by atoms with Crippen LogP contribution in [0.4, 0.5) is 10.1 Å². The first-order chi connectivity index (χ1) is 7.55. The Morgan fingerprint density at radius 1 is 1.44 bits per heavy atom. The van der Waals surface area contributed by atoms with Gasteiger partial charge < -0.3 is 5.32 Å². The average Bonchev–Trinajstić information content (AvgIpc) is 2.15. The van der Waals surface area contributed by atoms with Crippen molar-refractivity contribution in [2.75, 3.05) is 16.8 Å². The van der Waals surface area contributed by atoms with Crippen LogP contribution in [0.15, 0.2) is 24.3 Å². The second kappa shape index (κ2) is 4.66. The van der Waals surface area contributed by atoms with Crippen molar-refractivity contribution in [3.63, 3.8) is 0 Å². The summed E-state index contributed by atoms with van der Waals surface area (Å²) < 4.78 is 13.0. The third kappa shape index (κ3) is 3.14. The maximum Gasteiger partial charge on any atom is 0.125 e. The predicted molar refractivity (Wildman–Crippen MR) is 69.5 cm³/mol. The van der Waals surface area contributed by atoms with Gasteiger partial charge in [0.1, 0.15) is 5.82 Å². The standard InChI is InChI=1S/C13H18FNS/c1-13(2)7-12(8-16-9-13)15-11-5-3-4-10(14)6-11/h3-6,12,15H,7-9H2,1-2H3. The number of anilines is 1. The van der Waals surface area contributed by atoms with Crippen LogP contribution in [0, 0.1) is 11.2 Å². The highest BCUT2D eigenvalue weighted by molar-refractivity contribution is 7.99. The molecule has 88 valence electrons. The van der Waals surface area contributed by atoms with E-state index in [1.54, 1.807) is 12.1 Å². The zero-order chi connectivity index (χ0) is 11.6. The summed E-state index contributed by atoms with van der Waals surface area (Å²) in [6, 6.07) is 7.17. The lowest BCUT2D eigenvalue weighted by atomic mass is 9.88. The van der Waals surface area contributed by atoms with Crippen LogP contribution >= 0.6 is 11.8 Å². The molecule has 0 radical (unpaired) electrons. The molecule has 1 nitrogen and oxygen atoms in total. The molecule has 2 rings (SSSR count). The van der Waals surface area contributed by atoms with Gasteiger partial charge in [-0.05, 0) is 35.8 Å². The van der Waals surface area contributed by atoms with Crippen LogP contribution in [0.2, 0.25) is 0 Å². The fraction of sp³-hybridized carbons (Fsp3) is 0.538. The van der Waals surface area contributed by atoms with Crippen LogP contribution in [0.3, 0.4) is 0 Å². The molecule has 1 N–H and O–H groups in total. The average molecular weight is 239 g/mol. The van der Waals surface area contributed by atoms with Crippen LogP contribution < -0.4 is 5.32 Å². The summed E-state index contributed by atoms with van der Waals surface area (Å²) in [5.41, 5.74) is 1.27. The largest absolute Gasteiger partial charge is 0.381 e. The van der Waals surface area contributed by atoms with Gasteiger partial charge >= 0.3 is 0 Å². The number of rotatable bonds is 2. The second-order valence-corrected chi connectivity index (χ2v) is 6.27. The first-order valence-electron chi connectivity index (χ1n) is 5.65. The van der Waals surface area contributed by atoms with Gasteiger partial charge in [-0.1, -0.05) is 19.9 Å². The van der Waals surface area contributed by atoms with Gasteiger partial charge in [-0.2, -0.15) is 11.8 Å². The van der Waals surface area contributed by atoms with E-state index in [1.165, 1.54) is 11.8 Å². The number of hydrogen-bond donors (Lipinski definition) is 1. The molecule has 0 saturated carbocycles. The first-order valence-corrected chi connectivity index (χ1v) is 6.80. The molecule has 1 aliphatic heterocycles. The van der Waals surface area contributed by atoms with Crippen LogP contribution in [-0.4, -0.2) is 17.5 Å². The van der Waals surface area contributed by atoms with Crippen molar-refractivity contribution in [1.29, 1.82) is 0 Å². The Balaban J connectivity index is 1.99. The molecule has 1 atom stereocenters. The van der Waals surface area contributed by atoms with Crippen molar-refractivity contribution in [2.24, 2.45) is 5.41 Å². The lowest BCUT2D eigenvalue weighted by Crippen LogP contribution is -2.35. The Labute approximate surface area is 101 Å². The van der Waals surface area contributed by atoms with Gasteiger partial charge in [0.15, 0.2) is 0 Å². The molecule has 0 amide bonds. The number of halogens is 1. The van der Waals surface area contributed by atoms with Crippen molar-refractivity contribution < 1.29 is 4.39 Å². The van der Waals surface area contributed by atoms with Crippen molar-refractivity contribution in [3.05, 3.63) is 30.1 Å². The van der Waals surface area contributed by atoms with Gasteiger partial charge in [-0.25, -0.2) is 4.39 Å². The lowest BCUT2D eigenvalue weighted by Gasteiger charge is -2.35. The topological polar surface area (TPSA) is 12.0 Å². The second-order valence-electron chi connectivity index (χ2n) is 5.24. The molecule has 3 heteroatoms. The van der Waals surface area contributed by atoms with Crippen LogP contribution in [0.25, 0.3) is 0 Å². The lowest BCUT2D eigenvalue weighted by molar-refractivity contribution is 0.358. The van der Waals surface area contributed by atoms with E-state index >= 15 is 0 Å². The molecular formula is C13H18FNS. The Morgan fingerprint density at radius 2 is 2.25 bits per heavy atom. The zero-order valence-electron chi connectivity index (χ0n) is 9.79. The Bertz CT molecular complexity index is 365. The Hall–Kier alpha value is -0.700. The van der Waals surface area contributed by atoms with Gasteiger partial charge in [0.2, 0.25) is 0 Å². The molecule has 1 saturated heterocycles. The number of hydrogen-bond acceptors (Lipinski definition) is 2. The number of benzene rings is 1. The van der Waals surface area contributed by atoms with Gasteiger partial charge in [-0.15, -0.1) is 0 Å². The van der Waals surface area contributed by atoms with Gasteiger partial charge in [0.05, 0.1) is 0 Å². The number of thioether (sulfide) groups is 1. The van der Waals surface area contributed by atoms with E-state index in [9.17, 15) is 4.39 Å². The first kappa shape index (κ1) is 11.8. The molecule has 0 aromatic heterocycles. The van der Waals surface area contributed by atoms with Crippen LogP contribution in [0.1, 0.15) is 20.3 Å². The van der Waals surface area contributed by atoms with Gasteiger partial charge in [-0.3, -0.25) is 0 Å². The molecule has 1 fully saturated rings. The van der Waals surface area contributed by atoms with E-state index in [1.807, 2.05) is 17.8 Å². The molecule has 1 aromatic rings. The molecule has 1 aliphatic rings. The van der Waals surface area contributed by atoms with E-state index < -0.39 is 0 Å². The van der Waals surface area contributed by atoms with Gasteiger partial charge in [0, 0.05) is 17.5 Å². The van der Waals surface area contributed by atoms with Crippen molar-refractivity contribution in [3.8, 4) is 0 Å². The Kier molecular flexibility index (Phi) is 3.43. The van der Waals surface area contributed by atoms with E-state index in [-0.39, 0.29) is 5.82 Å². The molecular weight excluding hydrogens is 221 g/mol. The minimum Gasteiger partial charge on any atom is -0.381 e. The summed E-state index contributed by atoms with van der Waals surface area (Å²) in [4.78, 5) is 0. The molecule has 16 heavy (non-hydrogen) atoms. The summed E-state index contributed by atoms with van der Waals surface area (Å²) in [5, 5.41) is 3.42. The van der Waals surface area contributed by atoms with Crippen LogP contribution in [-0.2, 0) is 0 Å². The molecule has 1 unspecified atom stereocenters. The molecule has 0 aliphatic carbocycles. The third-order valence-corrected chi connectivity index (χ3v) is 4.43. The highest BCUT2D eigenvalue weighted by Gasteiger charge is 2.28. The van der Waals surface area contributed by atoms with Crippen LogP contribution in [0.5, 0.6) is 0 Å². The smallest absolute Gasteiger partial charge is 0.125 e. The zero-order valence-corrected chi connectivity index (χ0v) is 10.6.